The van der Waals surface area contributed by atoms with Crippen molar-refractivity contribution in [1.82, 2.24) is 10.2 Å². The van der Waals surface area contributed by atoms with Gasteiger partial charge in [0.2, 0.25) is 0 Å². The molecule has 0 aromatic carbocycles. The van der Waals surface area contributed by atoms with Gasteiger partial charge in [0.25, 0.3) is 0 Å². The van der Waals surface area contributed by atoms with Gasteiger partial charge < -0.3 is 15.3 Å². The summed E-state index contributed by atoms with van der Waals surface area (Å²) >= 11 is 0. The summed E-state index contributed by atoms with van der Waals surface area (Å²) < 4.78 is 0. The van der Waals surface area contributed by atoms with Crippen LogP contribution in [-0.2, 0) is 4.79 Å². The maximum Gasteiger partial charge on any atom is 0.317 e. The number of rotatable bonds is 2. The molecule has 2 fully saturated rings. The van der Waals surface area contributed by atoms with E-state index in [1.165, 1.54) is 0 Å². The fourth-order valence-corrected chi connectivity index (χ4v) is 2.76. The number of carboxylic acids is 1. The third kappa shape index (κ3) is 2.44. The predicted octanol–water partition coefficient (Wildman–Crippen LogP) is 1.83. The van der Waals surface area contributed by atoms with Crippen LogP contribution < -0.4 is 5.32 Å². The lowest BCUT2D eigenvalue weighted by Gasteiger charge is -2.43. The highest BCUT2D eigenvalue weighted by atomic mass is 16.4. The van der Waals surface area contributed by atoms with Gasteiger partial charge in [0.15, 0.2) is 0 Å². The van der Waals surface area contributed by atoms with E-state index < -0.39 is 11.4 Å². The Hall–Kier alpha value is -1.26. The summed E-state index contributed by atoms with van der Waals surface area (Å²) in [6, 6.07) is -0.107. The van der Waals surface area contributed by atoms with Crippen molar-refractivity contribution in [3.8, 4) is 0 Å². The minimum atomic E-state index is -0.810. The number of aliphatic carboxylic acids is 1. The van der Waals surface area contributed by atoms with E-state index in [1.807, 2.05) is 0 Å². The highest BCUT2D eigenvalue weighted by Crippen LogP contribution is 2.33. The zero-order valence-electron chi connectivity index (χ0n) is 11.2. The van der Waals surface area contributed by atoms with Crippen LogP contribution in [0.15, 0.2) is 0 Å². The monoisotopic (exact) mass is 254 g/mol. The number of nitrogens with zero attached hydrogens (tertiary/aromatic N) is 1. The number of urea groups is 1. The van der Waals surface area contributed by atoms with Crippen molar-refractivity contribution in [3.63, 3.8) is 0 Å². The molecular formula is C13H22N2O3. The molecule has 1 heterocycles. The molecule has 1 unspecified atom stereocenters. The van der Waals surface area contributed by atoms with E-state index in [-0.39, 0.29) is 11.6 Å². The van der Waals surface area contributed by atoms with Gasteiger partial charge in [0.05, 0.1) is 5.41 Å². The lowest BCUT2D eigenvalue weighted by Crippen LogP contribution is -2.58. The second-order valence-electron chi connectivity index (χ2n) is 6.24. The Morgan fingerprint density at radius 1 is 1.17 bits per heavy atom. The molecule has 1 aliphatic carbocycles. The van der Waals surface area contributed by atoms with E-state index in [1.54, 1.807) is 11.8 Å². The Morgan fingerprint density at radius 2 is 1.83 bits per heavy atom. The summed E-state index contributed by atoms with van der Waals surface area (Å²) in [4.78, 5) is 25.0. The summed E-state index contributed by atoms with van der Waals surface area (Å²) in [5, 5.41) is 12.3. The molecule has 2 aliphatic rings. The van der Waals surface area contributed by atoms with Crippen LogP contribution in [0.25, 0.3) is 0 Å². The van der Waals surface area contributed by atoms with Gasteiger partial charge in [-0.05, 0) is 46.0 Å². The summed E-state index contributed by atoms with van der Waals surface area (Å²) in [7, 11) is 0. The van der Waals surface area contributed by atoms with Gasteiger partial charge in [-0.15, -0.1) is 0 Å². The van der Waals surface area contributed by atoms with Crippen molar-refractivity contribution in [3.05, 3.63) is 0 Å². The van der Waals surface area contributed by atoms with Crippen LogP contribution in [0.4, 0.5) is 4.79 Å². The summed E-state index contributed by atoms with van der Waals surface area (Å²) in [5.74, 6) is -0.810. The molecule has 5 nitrogen and oxygen atoms in total. The SMILES string of the molecule is CC1(NC(=O)N2CCCC(C)(C(=O)O)C2)CCC1. The molecule has 18 heavy (non-hydrogen) atoms. The number of amides is 2. The quantitative estimate of drug-likeness (QED) is 0.789. The first-order valence-corrected chi connectivity index (χ1v) is 6.65. The number of carbonyl (C=O) groups is 2. The maximum atomic E-state index is 12.1. The van der Waals surface area contributed by atoms with E-state index in [0.717, 1.165) is 25.7 Å². The Kier molecular flexibility index (Phi) is 3.25. The van der Waals surface area contributed by atoms with Gasteiger partial charge in [-0.1, -0.05) is 0 Å². The molecule has 2 amide bonds. The molecule has 2 N–H and O–H groups in total. The fraction of sp³-hybridized carbons (Fsp3) is 0.846. The molecule has 0 aromatic rings. The van der Waals surface area contributed by atoms with Crippen molar-refractivity contribution in [2.75, 3.05) is 13.1 Å². The number of hydrogen-bond donors (Lipinski definition) is 2. The van der Waals surface area contributed by atoms with Gasteiger partial charge in [0.1, 0.15) is 0 Å². The standard InChI is InChI=1S/C13H22N2O3/c1-12(10(16)17)5-4-8-15(9-12)11(18)14-13(2)6-3-7-13/h3-9H2,1-2H3,(H,14,18)(H,16,17). The van der Waals surface area contributed by atoms with E-state index >= 15 is 0 Å². The molecule has 0 bridgehead atoms. The van der Waals surface area contributed by atoms with Gasteiger partial charge in [-0.25, -0.2) is 4.79 Å². The summed E-state index contributed by atoms with van der Waals surface area (Å²) in [6.07, 6.45) is 4.59. The highest BCUT2D eigenvalue weighted by Gasteiger charge is 2.41. The van der Waals surface area contributed by atoms with Crippen molar-refractivity contribution >= 4 is 12.0 Å². The topological polar surface area (TPSA) is 69.6 Å². The molecule has 0 aromatic heterocycles. The van der Waals surface area contributed by atoms with E-state index in [2.05, 4.69) is 12.2 Å². The van der Waals surface area contributed by atoms with Crippen LogP contribution in [0, 0.1) is 5.41 Å². The van der Waals surface area contributed by atoms with E-state index in [4.69, 9.17) is 0 Å². The second-order valence-corrected chi connectivity index (χ2v) is 6.24. The summed E-state index contributed by atoms with van der Waals surface area (Å²) in [5.41, 5.74) is -0.871. The molecule has 1 saturated carbocycles. The predicted molar refractivity (Wildman–Crippen MR) is 67.3 cm³/mol. The number of piperidine rings is 1. The third-order valence-electron chi connectivity index (χ3n) is 4.37. The second kappa shape index (κ2) is 4.44. The van der Waals surface area contributed by atoms with Crippen molar-refractivity contribution < 1.29 is 14.7 Å². The largest absolute Gasteiger partial charge is 0.481 e. The van der Waals surface area contributed by atoms with Crippen molar-refractivity contribution in [2.45, 2.75) is 51.5 Å². The molecule has 102 valence electrons. The van der Waals surface area contributed by atoms with Gasteiger partial charge >= 0.3 is 12.0 Å². The molecule has 0 spiro atoms. The maximum absolute atomic E-state index is 12.1. The van der Waals surface area contributed by atoms with Gasteiger partial charge in [0, 0.05) is 18.6 Å². The Labute approximate surface area is 108 Å². The zero-order valence-corrected chi connectivity index (χ0v) is 11.2. The van der Waals surface area contributed by atoms with E-state index in [9.17, 15) is 14.7 Å². The van der Waals surface area contributed by atoms with Crippen LogP contribution in [0.2, 0.25) is 0 Å². The van der Waals surface area contributed by atoms with Gasteiger partial charge in [-0.2, -0.15) is 0 Å². The normalized spacial score (nSPS) is 30.4. The number of carbonyl (C=O) groups excluding carboxylic acids is 1. The minimum absolute atomic E-state index is 0.0752. The first kappa shape index (κ1) is 13.2. The first-order valence-electron chi connectivity index (χ1n) is 6.65. The van der Waals surface area contributed by atoms with Gasteiger partial charge in [-0.3, -0.25) is 4.79 Å². The number of carboxylic acid groups (broad SMARTS) is 1. The highest BCUT2D eigenvalue weighted by molar-refractivity contribution is 5.79. The first-order chi connectivity index (χ1) is 8.35. The lowest BCUT2D eigenvalue weighted by atomic mass is 9.78. The lowest BCUT2D eigenvalue weighted by molar-refractivity contribution is -0.150. The van der Waals surface area contributed by atoms with Crippen molar-refractivity contribution in [2.24, 2.45) is 5.41 Å². The number of hydrogen-bond acceptors (Lipinski definition) is 2. The molecule has 1 aliphatic heterocycles. The third-order valence-corrected chi connectivity index (χ3v) is 4.37. The Morgan fingerprint density at radius 3 is 2.33 bits per heavy atom. The molecule has 1 atom stereocenters. The average Bonchev–Trinajstić information content (AvgIpc) is 2.26. The zero-order chi connectivity index (χ0) is 13.4. The smallest absolute Gasteiger partial charge is 0.317 e. The fourth-order valence-electron chi connectivity index (χ4n) is 2.76. The van der Waals surface area contributed by atoms with Crippen molar-refractivity contribution in [1.29, 1.82) is 0 Å². The number of nitrogens with one attached hydrogen (secondary N) is 1. The summed E-state index contributed by atoms with van der Waals surface area (Å²) in [6.45, 7) is 4.74. The molecule has 2 rings (SSSR count). The van der Waals surface area contributed by atoms with Crippen LogP contribution in [0.3, 0.4) is 0 Å². The molecular weight excluding hydrogens is 232 g/mol. The molecule has 5 heteroatoms. The van der Waals surface area contributed by atoms with Crippen LogP contribution >= 0.6 is 0 Å². The number of likely N-dealkylation sites (tertiary alicyclic amines) is 1. The Bertz CT molecular complexity index is 365. The Balaban J connectivity index is 1.96. The molecule has 0 radical (unpaired) electrons. The average molecular weight is 254 g/mol. The van der Waals surface area contributed by atoms with E-state index in [0.29, 0.717) is 19.5 Å². The van der Waals surface area contributed by atoms with Crippen LogP contribution in [0.5, 0.6) is 0 Å². The molecule has 1 saturated heterocycles. The van der Waals surface area contributed by atoms with Crippen LogP contribution in [-0.4, -0.2) is 40.6 Å². The minimum Gasteiger partial charge on any atom is -0.481 e. The van der Waals surface area contributed by atoms with Crippen LogP contribution in [0.1, 0.15) is 46.0 Å².